The summed E-state index contributed by atoms with van der Waals surface area (Å²) in [5.41, 5.74) is 0.663. The maximum absolute atomic E-state index is 12.0. The molecule has 0 radical (unpaired) electrons. The lowest BCUT2D eigenvalue weighted by Crippen LogP contribution is -2.24. The number of ketones is 1. The van der Waals surface area contributed by atoms with Crippen molar-refractivity contribution in [3.8, 4) is 0 Å². The van der Waals surface area contributed by atoms with E-state index in [4.69, 9.17) is 4.74 Å². The molecule has 0 spiro atoms. The number of rotatable bonds is 3. The largest absolute Gasteiger partial charge is 0.370 e. The molecule has 1 aliphatic heterocycles. The molecule has 4 heteroatoms. The maximum atomic E-state index is 12.0. The van der Waals surface area contributed by atoms with Crippen LogP contribution in [-0.4, -0.2) is 28.3 Å². The molecule has 4 nitrogen and oxygen atoms in total. The quantitative estimate of drug-likeness (QED) is 0.707. The molecule has 82 valence electrons. The highest BCUT2D eigenvalue weighted by atomic mass is 16.5. The third kappa shape index (κ3) is 1.95. The molecule has 0 aliphatic carbocycles. The van der Waals surface area contributed by atoms with Crippen molar-refractivity contribution < 1.29 is 9.53 Å². The van der Waals surface area contributed by atoms with Crippen LogP contribution in [0, 0.1) is 5.92 Å². The van der Waals surface area contributed by atoms with Gasteiger partial charge in [-0.15, -0.1) is 0 Å². The Kier molecular flexibility index (Phi) is 2.86. The van der Waals surface area contributed by atoms with Crippen LogP contribution in [0.25, 0.3) is 0 Å². The lowest BCUT2D eigenvalue weighted by atomic mass is 9.98. The molecular formula is C11H16N2O2. The van der Waals surface area contributed by atoms with E-state index in [0.29, 0.717) is 18.1 Å². The van der Waals surface area contributed by atoms with Crippen molar-refractivity contribution in [2.45, 2.75) is 32.9 Å². The van der Waals surface area contributed by atoms with Crippen LogP contribution in [0.2, 0.25) is 0 Å². The van der Waals surface area contributed by atoms with Gasteiger partial charge in [-0.25, -0.2) is 0 Å². The number of hydrogen-bond acceptors (Lipinski definition) is 3. The molecule has 15 heavy (non-hydrogen) atoms. The van der Waals surface area contributed by atoms with E-state index in [1.807, 2.05) is 6.92 Å². The van der Waals surface area contributed by atoms with Gasteiger partial charge in [-0.1, -0.05) is 6.92 Å². The molecule has 1 saturated heterocycles. The molecule has 2 rings (SSSR count). The average Bonchev–Trinajstić information content (AvgIpc) is 2.84. The Balaban J connectivity index is 2.13. The van der Waals surface area contributed by atoms with Crippen molar-refractivity contribution in [1.82, 2.24) is 9.78 Å². The second kappa shape index (κ2) is 4.14. The van der Waals surface area contributed by atoms with Crippen LogP contribution in [0.15, 0.2) is 12.4 Å². The van der Waals surface area contributed by atoms with Gasteiger partial charge in [0.15, 0.2) is 5.78 Å². The van der Waals surface area contributed by atoms with Gasteiger partial charge < -0.3 is 4.74 Å². The number of hydrogen-bond donors (Lipinski definition) is 0. The summed E-state index contributed by atoms with van der Waals surface area (Å²) < 4.78 is 7.19. The van der Waals surface area contributed by atoms with Gasteiger partial charge in [0.1, 0.15) is 6.10 Å². The van der Waals surface area contributed by atoms with E-state index in [9.17, 15) is 4.79 Å². The molecule has 1 fully saturated rings. The summed E-state index contributed by atoms with van der Waals surface area (Å²) in [6, 6.07) is 0. The van der Waals surface area contributed by atoms with Crippen LogP contribution in [0.3, 0.4) is 0 Å². The number of Topliss-reactive ketones (excluding diaryl/α,β-unsaturated/α-hetero) is 1. The minimum absolute atomic E-state index is 0.0692. The standard InChI is InChI=1S/C11H16N2O2/c1-3-13-7-9(6-12-13)10(14)11-8(2)4-5-15-11/h6-8,11H,3-5H2,1-2H3. The van der Waals surface area contributed by atoms with Gasteiger partial charge in [-0.3, -0.25) is 9.48 Å². The number of nitrogens with zero attached hydrogens (tertiary/aromatic N) is 2. The first kappa shape index (κ1) is 10.4. The second-order valence-corrected chi connectivity index (χ2v) is 4.01. The number of aromatic nitrogens is 2. The molecule has 2 heterocycles. The number of aryl methyl sites for hydroxylation is 1. The lowest BCUT2D eigenvalue weighted by molar-refractivity contribution is 0.0579. The van der Waals surface area contributed by atoms with E-state index in [1.54, 1.807) is 17.1 Å². The van der Waals surface area contributed by atoms with Crippen molar-refractivity contribution in [2.75, 3.05) is 6.61 Å². The molecule has 0 saturated carbocycles. The van der Waals surface area contributed by atoms with Gasteiger partial charge in [0.2, 0.25) is 0 Å². The van der Waals surface area contributed by atoms with E-state index >= 15 is 0 Å². The first-order valence-electron chi connectivity index (χ1n) is 5.40. The van der Waals surface area contributed by atoms with Crippen LogP contribution < -0.4 is 0 Å². The minimum Gasteiger partial charge on any atom is -0.370 e. The molecule has 2 atom stereocenters. The van der Waals surface area contributed by atoms with Gasteiger partial charge >= 0.3 is 0 Å². The lowest BCUT2D eigenvalue weighted by Gasteiger charge is -2.11. The SMILES string of the molecule is CCn1cc(C(=O)C2OCCC2C)cn1. The highest BCUT2D eigenvalue weighted by molar-refractivity contribution is 5.99. The summed E-state index contributed by atoms with van der Waals surface area (Å²) >= 11 is 0. The first-order valence-corrected chi connectivity index (χ1v) is 5.40. The van der Waals surface area contributed by atoms with Gasteiger partial charge in [0.05, 0.1) is 11.8 Å². The van der Waals surface area contributed by atoms with Gasteiger partial charge in [0, 0.05) is 19.3 Å². The van der Waals surface area contributed by atoms with Gasteiger partial charge in [0.25, 0.3) is 0 Å². The first-order chi connectivity index (χ1) is 7.22. The zero-order chi connectivity index (χ0) is 10.8. The Morgan fingerprint density at radius 1 is 1.73 bits per heavy atom. The normalized spacial score (nSPS) is 25.7. The molecule has 1 aromatic heterocycles. The number of ether oxygens (including phenoxy) is 1. The third-order valence-electron chi connectivity index (χ3n) is 2.89. The van der Waals surface area contributed by atoms with E-state index in [1.165, 1.54) is 0 Å². The van der Waals surface area contributed by atoms with Crippen molar-refractivity contribution in [3.05, 3.63) is 18.0 Å². The van der Waals surface area contributed by atoms with E-state index in [-0.39, 0.29) is 11.9 Å². The van der Waals surface area contributed by atoms with Crippen LogP contribution in [0.4, 0.5) is 0 Å². The van der Waals surface area contributed by atoms with Crippen molar-refractivity contribution >= 4 is 5.78 Å². The van der Waals surface area contributed by atoms with Crippen LogP contribution in [0.1, 0.15) is 30.6 Å². The summed E-state index contributed by atoms with van der Waals surface area (Å²) in [5, 5.41) is 4.09. The average molecular weight is 208 g/mol. The highest BCUT2D eigenvalue weighted by Gasteiger charge is 2.31. The Hall–Kier alpha value is -1.16. The predicted octanol–water partition coefficient (Wildman–Crippen LogP) is 1.51. The number of carbonyl (C=O) groups is 1. The fraction of sp³-hybridized carbons (Fsp3) is 0.636. The molecule has 0 bridgehead atoms. The summed E-state index contributed by atoms with van der Waals surface area (Å²) in [4.78, 5) is 12.0. The van der Waals surface area contributed by atoms with E-state index in [0.717, 1.165) is 13.0 Å². The molecule has 2 unspecified atom stereocenters. The monoisotopic (exact) mass is 208 g/mol. The van der Waals surface area contributed by atoms with Crippen molar-refractivity contribution in [2.24, 2.45) is 5.92 Å². The van der Waals surface area contributed by atoms with Crippen molar-refractivity contribution in [1.29, 1.82) is 0 Å². The fourth-order valence-corrected chi connectivity index (χ4v) is 1.86. The number of carbonyl (C=O) groups excluding carboxylic acids is 1. The van der Waals surface area contributed by atoms with Crippen molar-refractivity contribution in [3.63, 3.8) is 0 Å². The highest BCUT2D eigenvalue weighted by Crippen LogP contribution is 2.23. The van der Waals surface area contributed by atoms with Crippen LogP contribution >= 0.6 is 0 Å². The smallest absolute Gasteiger partial charge is 0.194 e. The fourth-order valence-electron chi connectivity index (χ4n) is 1.86. The Morgan fingerprint density at radius 3 is 3.07 bits per heavy atom. The topological polar surface area (TPSA) is 44.1 Å². The third-order valence-corrected chi connectivity index (χ3v) is 2.89. The Morgan fingerprint density at radius 2 is 2.53 bits per heavy atom. The maximum Gasteiger partial charge on any atom is 0.194 e. The summed E-state index contributed by atoms with van der Waals surface area (Å²) in [6.07, 6.45) is 4.12. The van der Waals surface area contributed by atoms with Crippen LogP contribution in [0.5, 0.6) is 0 Å². The minimum atomic E-state index is -0.264. The molecular weight excluding hydrogens is 192 g/mol. The summed E-state index contributed by atoms with van der Waals surface area (Å²) in [6.45, 7) is 5.53. The van der Waals surface area contributed by atoms with E-state index in [2.05, 4.69) is 12.0 Å². The molecule has 0 amide bonds. The molecule has 0 aromatic carbocycles. The Bertz CT molecular complexity index is 359. The van der Waals surface area contributed by atoms with E-state index < -0.39 is 0 Å². The molecule has 1 aromatic rings. The molecule has 0 N–H and O–H groups in total. The van der Waals surface area contributed by atoms with Crippen LogP contribution in [-0.2, 0) is 11.3 Å². The molecule has 1 aliphatic rings. The Labute approximate surface area is 89.2 Å². The zero-order valence-electron chi connectivity index (χ0n) is 9.14. The van der Waals surface area contributed by atoms with Gasteiger partial charge in [-0.05, 0) is 19.3 Å². The summed E-state index contributed by atoms with van der Waals surface area (Å²) in [5.74, 6) is 0.391. The van der Waals surface area contributed by atoms with Gasteiger partial charge in [-0.2, -0.15) is 5.10 Å². The second-order valence-electron chi connectivity index (χ2n) is 4.01. The predicted molar refractivity (Wildman–Crippen MR) is 55.8 cm³/mol. The summed E-state index contributed by atoms with van der Waals surface area (Å²) in [7, 11) is 0. The zero-order valence-corrected chi connectivity index (χ0v) is 9.14.